The molecule has 0 spiro atoms. The van der Waals surface area contributed by atoms with E-state index in [9.17, 15) is 13.6 Å². The maximum absolute atomic E-state index is 13.1. The van der Waals surface area contributed by atoms with Crippen molar-refractivity contribution < 1.29 is 13.6 Å². The minimum atomic E-state index is -1.01. The zero-order chi connectivity index (χ0) is 16.3. The number of hydrogen-bond acceptors (Lipinski definition) is 2. The maximum atomic E-state index is 13.1. The van der Waals surface area contributed by atoms with Crippen molar-refractivity contribution >= 4 is 28.9 Å². The van der Waals surface area contributed by atoms with Gasteiger partial charge in [-0.3, -0.25) is 4.79 Å². The van der Waals surface area contributed by atoms with Crippen LogP contribution in [0.25, 0.3) is 0 Å². The molecule has 0 atom stereocenters. The predicted molar refractivity (Wildman–Crippen MR) is 84.4 cm³/mol. The monoisotopic (exact) mass is 324 g/mol. The molecule has 3 nitrogen and oxygen atoms in total. The zero-order valence-electron chi connectivity index (χ0n) is 12.1. The van der Waals surface area contributed by atoms with Gasteiger partial charge in [-0.15, -0.1) is 0 Å². The fraction of sp³-hybridized carbons (Fsp3) is 0.188. The predicted octanol–water partition coefficient (Wildman–Crippen LogP) is 4.29. The summed E-state index contributed by atoms with van der Waals surface area (Å²) in [5.41, 5.74) is 2.81. The largest absolute Gasteiger partial charge is 0.375 e. The highest BCUT2D eigenvalue weighted by Crippen LogP contribution is 2.27. The molecule has 0 saturated carbocycles. The van der Waals surface area contributed by atoms with Crippen molar-refractivity contribution in [2.24, 2.45) is 0 Å². The van der Waals surface area contributed by atoms with Crippen LogP contribution in [0.4, 0.5) is 20.2 Å². The summed E-state index contributed by atoms with van der Waals surface area (Å²) in [5.74, 6) is -2.36. The molecule has 1 amide bonds. The zero-order valence-corrected chi connectivity index (χ0v) is 12.9. The van der Waals surface area contributed by atoms with Crippen molar-refractivity contribution in [3.8, 4) is 0 Å². The molecule has 2 aromatic carbocycles. The molecule has 116 valence electrons. The van der Waals surface area contributed by atoms with Gasteiger partial charge in [0.1, 0.15) is 0 Å². The summed E-state index contributed by atoms with van der Waals surface area (Å²) in [5, 5.41) is 5.95. The summed E-state index contributed by atoms with van der Waals surface area (Å²) in [7, 11) is 0. The number of anilines is 2. The first-order valence-corrected chi connectivity index (χ1v) is 7.00. The van der Waals surface area contributed by atoms with Gasteiger partial charge in [0, 0.05) is 11.8 Å². The smallest absolute Gasteiger partial charge is 0.243 e. The molecule has 22 heavy (non-hydrogen) atoms. The number of aryl methyl sites for hydroxylation is 2. The fourth-order valence-corrected chi connectivity index (χ4v) is 2.48. The Balaban J connectivity index is 2.00. The summed E-state index contributed by atoms with van der Waals surface area (Å²) in [6.07, 6.45) is 0. The van der Waals surface area contributed by atoms with Crippen molar-refractivity contribution in [1.29, 1.82) is 0 Å². The fourth-order valence-electron chi connectivity index (χ4n) is 2.09. The van der Waals surface area contributed by atoms with Gasteiger partial charge in [0.15, 0.2) is 11.6 Å². The number of carbonyl (C=O) groups is 1. The first-order valence-electron chi connectivity index (χ1n) is 6.62. The average Bonchev–Trinajstić information content (AvgIpc) is 2.41. The Morgan fingerprint density at radius 3 is 2.50 bits per heavy atom. The third-order valence-electron chi connectivity index (χ3n) is 3.06. The molecule has 2 N–H and O–H groups in total. The van der Waals surface area contributed by atoms with Gasteiger partial charge >= 0.3 is 0 Å². The minimum Gasteiger partial charge on any atom is -0.375 e. The quantitative estimate of drug-likeness (QED) is 0.881. The minimum absolute atomic E-state index is 0.0391. The second-order valence-corrected chi connectivity index (χ2v) is 5.38. The van der Waals surface area contributed by atoms with Crippen LogP contribution in [0.1, 0.15) is 11.1 Å². The molecule has 6 heteroatoms. The summed E-state index contributed by atoms with van der Waals surface area (Å²) in [4.78, 5) is 11.8. The van der Waals surface area contributed by atoms with Crippen LogP contribution < -0.4 is 10.6 Å². The molecule has 0 radical (unpaired) electrons. The van der Waals surface area contributed by atoms with Crippen LogP contribution in [0.5, 0.6) is 0 Å². The molecule has 0 aromatic heterocycles. The molecular formula is C16H15ClF2N2O. The van der Waals surface area contributed by atoms with Crippen LogP contribution >= 0.6 is 11.6 Å². The lowest BCUT2D eigenvalue weighted by Gasteiger charge is -2.12. The molecular weight excluding hydrogens is 310 g/mol. The van der Waals surface area contributed by atoms with Gasteiger partial charge < -0.3 is 10.6 Å². The van der Waals surface area contributed by atoms with Gasteiger partial charge in [-0.25, -0.2) is 8.78 Å². The van der Waals surface area contributed by atoms with Crippen molar-refractivity contribution in [3.63, 3.8) is 0 Å². The highest BCUT2D eigenvalue weighted by Gasteiger charge is 2.09. The van der Waals surface area contributed by atoms with Gasteiger partial charge in [0.2, 0.25) is 5.91 Å². The molecule has 0 aliphatic heterocycles. The van der Waals surface area contributed by atoms with Gasteiger partial charge in [-0.2, -0.15) is 0 Å². The Hall–Kier alpha value is -2.14. The Labute approximate surface area is 132 Å². The molecule has 0 aliphatic carbocycles. The number of halogens is 3. The van der Waals surface area contributed by atoms with E-state index >= 15 is 0 Å². The Kier molecular flexibility index (Phi) is 4.98. The van der Waals surface area contributed by atoms with E-state index in [1.807, 2.05) is 19.9 Å². The summed E-state index contributed by atoms with van der Waals surface area (Å²) in [6, 6.07) is 6.92. The van der Waals surface area contributed by atoms with E-state index in [0.717, 1.165) is 23.3 Å². The summed E-state index contributed by atoms with van der Waals surface area (Å²) >= 11 is 6.13. The van der Waals surface area contributed by atoms with Crippen molar-refractivity contribution in [1.82, 2.24) is 0 Å². The standard InChI is InChI=1S/C16H15ClF2N2O/c1-9-5-10(2)16(12(17)6-9)20-8-15(22)21-11-3-4-13(18)14(19)7-11/h3-7,20H,8H2,1-2H3,(H,21,22). The highest BCUT2D eigenvalue weighted by atomic mass is 35.5. The van der Waals surface area contributed by atoms with Crippen LogP contribution in [-0.4, -0.2) is 12.5 Å². The third-order valence-corrected chi connectivity index (χ3v) is 3.36. The third kappa shape index (κ3) is 3.95. The van der Waals surface area contributed by atoms with E-state index in [1.54, 1.807) is 6.07 Å². The number of nitrogens with one attached hydrogen (secondary N) is 2. The second kappa shape index (κ2) is 6.75. The highest BCUT2D eigenvalue weighted by molar-refractivity contribution is 6.33. The lowest BCUT2D eigenvalue weighted by Crippen LogP contribution is -2.22. The number of carbonyl (C=O) groups excluding carboxylic acids is 1. The maximum Gasteiger partial charge on any atom is 0.243 e. The SMILES string of the molecule is Cc1cc(C)c(NCC(=O)Nc2ccc(F)c(F)c2)c(Cl)c1. The molecule has 0 heterocycles. The van der Waals surface area contributed by atoms with E-state index < -0.39 is 11.6 Å². The molecule has 2 rings (SSSR count). The van der Waals surface area contributed by atoms with Gasteiger partial charge in [0.25, 0.3) is 0 Å². The molecule has 0 unspecified atom stereocenters. The van der Waals surface area contributed by atoms with E-state index in [4.69, 9.17) is 11.6 Å². The first kappa shape index (κ1) is 16.2. The number of amides is 1. The van der Waals surface area contributed by atoms with Gasteiger partial charge in [0.05, 0.1) is 17.3 Å². The number of benzene rings is 2. The van der Waals surface area contributed by atoms with Crippen LogP contribution in [0.15, 0.2) is 30.3 Å². The van der Waals surface area contributed by atoms with E-state index in [2.05, 4.69) is 10.6 Å². The number of hydrogen-bond donors (Lipinski definition) is 2. The normalized spacial score (nSPS) is 10.4. The summed E-state index contributed by atoms with van der Waals surface area (Å²) < 4.78 is 25.9. The van der Waals surface area contributed by atoms with Crippen LogP contribution in [0.2, 0.25) is 5.02 Å². The van der Waals surface area contributed by atoms with Gasteiger partial charge in [-0.05, 0) is 43.2 Å². The molecule has 0 saturated heterocycles. The average molecular weight is 325 g/mol. The van der Waals surface area contributed by atoms with Crippen molar-refractivity contribution in [2.45, 2.75) is 13.8 Å². The Morgan fingerprint density at radius 2 is 1.86 bits per heavy atom. The number of rotatable bonds is 4. The Bertz CT molecular complexity index is 696. The van der Waals surface area contributed by atoms with Crippen molar-refractivity contribution in [2.75, 3.05) is 17.2 Å². The van der Waals surface area contributed by atoms with Crippen LogP contribution in [0.3, 0.4) is 0 Å². The van der Waals surface area contributed by atoms with Crippen molar-refractivity contribution in [3.05, 3.63) is 58.1 Å². The van der Waals surface area contributed by atoms with Crippen LogP contribution in [0, 0.1) is 25.5 Å². The Morgan fingerprint density at radius 1 is 1.14 bits per heavy atom. The topological polar surface area (TPSA) is 41.1 Å². The lowest BCUT2D eigenvalue weighted by atomic mass is 10.1. The van der Waals surface area contributed by atoms with E-state index in [1.165, 1.54) is 6.07 Å². The van der Waals surface area contributed by atoms with Crippen LogP contribution in [-0.2, 0) is 4.79 Å². The van der Waals surface area contributed by atoms with E-state index in [-0.39, 0.29) is 18.1 Å². The van der Waals surface area contributed by atoms with Gasteiger partial charge in [-0.1, -0.05) is 17.7 Å². The second-order valence-electron chi connectivity index (χ2n) is 4.97. The first-order chi connectivity index (χ1) is 10.4. The lowest BCUT2D eigenvalue weighted by molar-refractivity contribution is -0.114. The molecule has 2 aromatic rings. The molecule has 0 bridgehead atoms. The van der Waals surface area contributed by atoms with E-state index in [0.29, 0.717) is 10.7 Å². The summed E-state index contributed by atoms with van der Waals surface area (Å²) in [6.45, 7) is 3.77. The molecule has 0 aliphatic rings. The molecule has 0 fully saturated rings.